The highest BCUT2D eigenvalue weighted by atomic mass is 35.5. The van der Waals surface area contributed by atoms with Gasteiger partial charge in [-0.1, -0.05) is 12.1 Å². The van der Waals surface area contributed by atoms with E-state index in [-0.39, 0.29) is 29.3 Å². The zero-order valence-electron chi connectivity index (χ0n) is 15.0. The molecule has 0 aliphatic heterocycles. The van der Waals surface area contributed by atoms with Crippen LogP contribution in [-0.2, 0) is 13.5 Å². The van der Waals surface area contributed by atoms with Gasteiger partial charge in [-0.25, -0.2) is 4.39 Å². The Bertz CT molecular complexity index is 976. The largest absolute Gasteiger partial charge is 0.438 e. The van der Waals surface area contributed by atoms with Crippen molar-refractivity contribution in [1.29, 1.82) is 0 Å². The van der Waals surface area contributed by atoms with E-state index in [2.05, 4.69) is 5.10 Å². The number of benzene rings is 1. The molecule has 0 fully saturated rings. The number of primary amides is 1. The maximum Gasteiger partial charge on any atom is 0.284 e. The molecule has 27 heavy (non-hydrogen) atoms. The zero-order chi connectivity index (χ0) is 19.7. The number of aromatic nitrogens is 2. The lowest BCUT2D eigenvalue weighted by atomic mass is 9.88. The molecule has 0 aliphatic rings. The van der Waals surface area contributed by atoms with Crippen LogP contribution in [0.25, 0.3) is 11.3 Å². The number of nitrogens with zero attached hydrogens (tertiary/aromatic N) is 2. The minimum Gasteiger partial charge on any atom is -0.438 e. The summed E-state index contributed by atoms with van der Waals surface area (Å²) in [5.41, 5.74) is 14.9. The maximum atomic E-state index is 13.6. The van der Waals surface area contributed by atoms with Crippen molar-refractivity contribution in [2.75, 3.05) is 6.54 Å². The summed E-state index contributed by atoms with van der Waals surface area (Å²) < 4.78 is 20.7. The number of hydrogen-bond acceptors (Lipinski definition) is 4. The van der Waals surface area contributed by atoms with Crippen LogP contribution in [0.4, 0.5) is 4.39 Å². The number of aryl methyl sites for hydroxylation is 2. The van der Waals surface area contributed by atoms with E-state index < -0.39 is 5.91 Å². The van der Waals surface area contributed by atoms with Crippen molar-refractivity contribution in [2.45, 2.75) is 19.3 Å². The van der Waals surface area contributed by atoms with Gasteiger partial charge in [0.2, 0.25) is 5.22 Å². The predicted molar refractivity (Wildman–Crippen MR) is 101 cm³/mol. The van der Waals surface area contributed by atoms with Crippen molar-refractivity contribution >= 4 is 17.5 Å². The topological polar surface area (TPSA) is 100 Å². The van der Waals surface area contributed by atoms with Crippen molar-refractivity contribution in [3.05, 3.63) is 63.9 Å². The number of rotatable bonds is 6. The van der Waals surface area contributed by atoms with Crippen LogP contribution >= 0.6 is 11.6 Å². The monoisotopic (exact) mass is 390 g/mol. The molecule has 0 radical (unpaired) electrons. The molecule has 2 aromatic heterocycles. The average Bonchev–Trinajstić information content (AvgIpc) is 3.12. The molecule has 1 amide bonds. The minimum atomic E-state index is -0.740. The second kappa shape index (κ2) is 7.54. The van der Waals surface area contributed by atoms with Crippen LogP contribution < -0.4 is 11.5 Å². The Hall–Kier alpha value is -2.64. The Kier molecular flexibility index (Phi) is 5.34. The molecule has 3 aromatic rings. The summed E-state index contributed by atoms with van der Waals surface area (Å²) in [5.74, 6) is -1.47. The van der Waals surface area contributed by atoms with E-state index in [1.807, 2.05) is 6.92 Å². The second-order valence-electron chi connectivity index (χ2n) is 6.42. The van der Waals surface area contributed by atoms with Crippen LogP contribution in [0, 0.1) is 12.7 Å². The van der Waals surface area contributed by atoms with Gasteiger partial charge in [-0.15, -0.1) is 0 Å². The molecule has 0 unspecified atom stereocenters. The molecule has 0 saturated heterocycles. The fourth-order valence-corrected chi connectivity index (χ4v) is 3.63. The van der Waals surface area contributed by atoms with Crippen LogP contribution in [-0.4, -0.2) is 22.2 Å². The van der Waals surface area contributed by atoms with E-state index in [9.17, 15) is 9.18 Å². The van der Waals surface area contributed by atoms with Gasteiger partial charge in [-0.2, -0.15) is 5.10 Å². The molecule has 1 atom stereocenters. The molecule has 0 aliphatic carbocycles. The van der Waals surface area contributed by atoms with Gasteiger partial charge in [0.05, 0.1) is 17.5 Å². The number of amides is 1. The zero-order valence-corrected chi connectivity index (χ0v) is 15.8. The van der Waals surface area contributed by atoms with Crippen LogP contribution in [0.2, 0.25) is 5.22 Å². The van der Waals surface area contributed by atoms with Gasteiger partial charge in [-0.3, -0.25) is 9.48 Å². The summed E-state index contributed by atoms with van der Waals surface area (Å²) >= 11 is 6.34. The molecule has 0 bridgehead atoms. The van der Waals surface area contributed by atoms with E-state index in [1.165, 1.54) is 12.1 Å². The fraction of sp³-hybridized carbons (Fsp3) is 0.263. The third-order valence-corrected chi connectivity index (χ3v) is 4.81. The van der Waals surface area contributed by atoms with E-state index in [0.29, 0.717) is 23.2 Å². The van der Waals surface area contributed by atoms with Gasteiger partial charge in [0, 0.05) is 18.5 Å². The van der Waals surface area contributed by atoms with E-state index >= 15 is 0 Å². The van der Waals surface area contributed by atoms with Crippen molar-refractivity contribution in [3.8, 4) is 11.3 Å². The van der Waals surface area contributed by atoms with Crippen molar-refractivity contribution in [2.24, 2.45) is 18.5 Å². The normalized spacial score (nSPS) is 12.3. The number of hydrogen-bond donors (Lipinski definition) is 2. The van der Waals surface area contributed by atoms with Crippen LogP contribution in [0.3, 0.4) is 0 Å². The van der Waals surface area contributed by atoms with Gasteiger partial charge < -0.3 is 15.9 Å². The molecule has 142 valence electrons. The third-order valence-electron chi connectivity index (χ3n) is 4.55. The fourth-order valence-electron chi connectivity index (χ4n) is 3.37. The molecule has 0 spiro atoms. The van der Waals surface area contributed by atoms with Gasteiger partial charge >= 0.3 is 0 Å². The number of furan rings is 1. The first-order valence-electron chi connectivity index (χ1n) is 8.39. The van der Waals surface area contributed by atoms with Crippen molar-refractivity contribution < 1.29 is 13.6 Å². The first kappa shape index (κ1) is 19.1. The molecule has 3 rings (SSSR count). The smallest absolute Gasteiger partial charge is 0.284 e. The summed E-state index contributed by atoms with van der Waals surface area (Å²) in [6.07, 6.45) is 2.09. The predicted octanol–water partition coefficient (Wildman–Crippen LogP) is 3.16. The highest BCUT2D eigenvalue weighted by Gasteiger charge is 2.31. The van der Waals surface area contributed by atoms with E-state index in [0.717, 1.165) is 11.1 Å². The lowest BCUT2D eigenvalue weighted by Crippen LogP contribution is -2.20. The first-order valence-corrected chi connectivity index (χ1v) is 8.76. The Labute approximate surface area is 160 Å². The van der Waals surface area contributed by atoms with Gasteiger partial charge in [0.25, 0.3) is 5.91 Å². The quantitative estimate of drug-likeness (QED) is 0.675. The summed E-state index contributed by atoms with van der Waals surface area (Å²) in [4.78, 5) is 12.0. The lowest BCUT2D eigenvalue weighted by Gasteiger charge is -2.17. The van der Waals surface area contributed by atoms with Crippen LogP contribution in [0.1, 0.15) is 33.2 Å². The van der Waals surface area contributed by atoms with E-state index in [4.69, 9.17) is 27.5 Å². The Morgan fingerprint density at radius 3 is 2.74 bits per heavy atom. The summed E-state index contributed by atoms with van der Waals surface area (Å²) in [7, 11) is 1.77. The lowest BCUT2D eigenvalue weighted by molar-refractivity contribution is 0.0972. The first-order chi connectivity index (χ1) is 12.8. The highest BCUT2D eigenvalue weighted by molar-refractivity contribution is 6.32. The molecule has 4 N–H and O–H groups in total. The number of halogens is 2. The Balaban J connectivity index is 2.18. The van der Waals surface area contributed by atoms with Crippen LogP contribution in [0.5, 0.6) is 0 Å². The standard InChI is InChI=1S/C19H20ClFN4O2/c1-10-9-24-25(2)16(10)15-14(17(19(23)26)27-18(15)20)12(8-22)6-11-4-3-5-13(21)7-11/h3-5,7,9,12H,6,8,22H2,1-2H3,(H2,23,26)/t12-/m1/s1. The molecular weight excluding hydrogens is 371 g/mol. The SMILES string of the molecule is Cc1cnn(C)c1-c1c(Cl)oc(C(N)=O)c1[C@@H](CN)Cc1cccc(F)c1. The minimum absolute atomic E-state index is 0.0394. The van der Waals surface area contributed by atoms with Crippen molar-refractivity contribution in [3.63, 3.8) is 0 Å². The van der Waals surface area contributed by atoms with Gasteiger partial charge in [0.15, 0.2) is 5.76 Å². The molecule has 6 nitrogen and oxygen atoms in total. The number of carbonyl (C=O) groups excluding carboxylic acids is 1. The average molecular weight is 391 g/mol. The maximum absolute atomic E-state index is 13.6. The summed E-state index contributed by atoms with van der Waals surface area (Å²) in [6.45, 7) is 2.07. The van der Waals surface area contributed by atoms with E-state index in [1.54, 1.807) is 30.1 Å². The highest BCUT2D eigenvalue weighted by Crippen LogP contribution is 2.42. The molecule has 8 heteroatoms. The molecule has 1 aromatic carbocycles. The molecule has 0 saturated carbocycles. The second-order valence-corrected chi connectivity index (χ2v) is 6.77. The van der Waals surface area contributed by atoms with Crippen LogP contribution in [0.15, 0.2) is 34.9 Å². The summed E-state index contributed by atoms with van der Waals surface area (Å²) in [5, 5.41) is 4.27. The number of carbonyl (C=O) groups is 1. The van der Waals surface area contributed by atoms with Crippen molar-refractivity contribution in [1.82, 2.24) is 9.78 Å². The Morgan fingerprint density at radius 1 is 1.44 bits per heavy atom. The van der Waals surface area contributed by atoms with Gasteiger partial charge in [0.1, 0.15) is 5.82 Å². The molecular formula is C19H20ClFN4O2. The third kappa shape index (κ3) is 3.61. The molecule has 2 heterocycles. The number of nitrogens with two attached hydrogens (primary N) is 2. The Morgan fingerprint density at radius 2 is 2.19 bits per heavy atom. The summed E-state index contributed by atoms with van der Waals surface area (Å²) in [6, 6.07) is 6.23. The van der Waals surface area contributed by atoms with Gasteiger partial charge in [-0.05, 0) is 54.7 Å².